The van der Waals surface area contributed by atoms with Crippen molar-refractivity contribution in [2.45, 2.75) is 37.8 Å². The summed E-state index contributed by atoms with van der Waals surface area (Å²) < 4.78 is 0. The van der Waals surface area contributed by atoms with Crippen LogP contribution in [0.4, 0.5) is 5.95 Å². The van der Waals surface area contributed by atoms with E-state index in [9.17, 15) is 5.11 Å². The molecule has 1 aromatic carbocycles. The van der Waals surface area contributed by atoms with Gasteiger partial charge in [0.15, 0.2) is 0 Å². The van der Waals surface area contributed by atoms with Crippen molar-refractivity contribution in [1.29, 1.82) is 0 Å². The Morgan fingerprint density at radius 3 is 2.87 bits per heavy atom. The van der Waals surface area contributed by atoms with E-state index in [1.54, 1.807) is 12.4 Å². The number of aliphatic hydroxyl groups is 1. The van der Waals surface area contributed by atoms with Gasteiger partial charge in [0.1, 0.15) is 5.72 Å². The van der Waals surface area contributed by atoms with Gasteiger partial charge in [-0.3, -0.25) is 5.10 Å². The molecule has 1 aliphatic rings. The van der Waals surface area contributed by atoms with E-state index in [1.165, 1.54) is 6.42 Å². The van der Waals surface area contributed by atoms with Gasteiger partial charge in [0.2, 0.25) is 5.95 Å². The van der Waals surface area contributed by atoms with E-state index in [2.05, 4.69) is 25.5 Å². The van der Waals surface area contributed by atoms with Crippen molar-refractivity contribution in [2.24, 2.45) is 0 Å². The molecule has 0 radical (unpaired) electrons. The molecule has 2 heterocycles. The zero-order valence-corrected chi connectivity index (χ0v) is 12.8. The van der Waals surface area contributed by atoms with Crippen LogP contribution >= 0.6 is 0 Å². The number of nitrogens with one attached hydrogen (secondary N) is 2. The van der Waals surface area contributed by atoms with Gasteiger partial charge in [-0.25, -0.2) is 9.97 Å². The van der Waals surface area contributed by atoms with E-state index in [4.69, 9.17) is 0 Å². The van der Waals surface area contributed by atoms with Crippen LogP contribution in [0, 0.1) is 0 Å². The molecule has 3 aromatic rings. The van der Waals surface area contributed by atoms with Crippen LogP contribution in [0.5, 0.6) is 0 Å². The lowest BCUT2D eigenvalue weighted by atomic mass is 9.92. The molecule has 23 heavy (non-hydrogen) atoms. The highest BCUT2D eigenvalue weighted by molar-refractivity contribution is 5.93. The maximum atomic E-state index is 10.6. The Bertz CT molecular complexity index is 822. The van der Waals surface area contributed by atoms with Crippen molar-refractivity contribution in [1.82, 2.24) is 20.2 Å². The normalized spacial score (nSPS) is 17.3. The summed E-state index contributed by atoms with van der Waals surface area (Å²) in [5.74, 6) is 0.465. The molecule has 0 atom stereocenters. The topological polar surface area (TPSA) is 86.7 Å². The van der Waals surface area contributed by atoms with Crippen LogP contribution in [-0.2, 0) is 0 Å². The third-order valence-corrected chi connectivity index (χ3v) is 4.44. The molecule has 1 fully saturated rings. The molecule has 3 N–H and O–H groups in total. The second-order valence-electron chi connectivity index (χ2n) is 6.12. The molecule has 0 bridgehead atoms. The predicted octanol–water partition coefficient (Wildman–Crippen LogP) is 3.08. The third-order valence-electron chi connectivity index (χ3n) is 4.44. The summed E-state index contributed by atoms with van der Waals surface area (Å²) in [6, 6.07) is 7.84. The summed E-state index contributed by atoms with van der Waals surface area (Å²) in [6.07, 6.45) is 8.21. The summed E-state index contributed by atoms with van der Waals surface area (Å²) in [5, 5.41) is 21.8. The number of aromatic nitrogens is 4. The molecular formula is C17H19N5O. The first-order valence-electron chi connectivity index (χ1n) is 8.00. The maximum absolute atomic E-state index is 10.6. The highest BCUT2D eigenvalue weighted by atomic mass is 16.3. The number of rotatable bonds is 3. The highest BCUT2D eigenvalue weighted by Gasteiger charge is 2.29. The average molecular weight is 309 g/mol. The van der Waals surface area contributed by atoms with Crippen molar-refractivity contribution < 1.29 is 5.11 Å². The Kier molecular flexibility index (Phi) is 3.46. The second kappa shape index (κ2) is 5.62. The second-order valence-corrected chi connectivity index (χ2v) is 6.12. The fraction of sp³-hybridized carbons (Fsp3) is 0.353. The number of fused-ring (bicyclic) bond motifs is 1. The molecule has 6 heteroatoms. The van der Waals surface area contributed by atoms with Crippen molar-refractivity contribution >= 4 is 16.9 Å². The molecule has 2 aromatic heterocycles. The average Bonchev–Trinajstić information content (AvgIpc) is 3.04. The van der Waals surface area contributed by atoms with Gasteiger partial charge in [-0.05, 0) is 37.8 Å². The van der Waals surface area contributed by atoms with Crippen LogP contribution in [0.25, 0.3) is 22.2 Å². The van der Waals surface area contributed by atoms with Gasteiger partial charge in [-0.1, -0.05) is 18.6 Å². The first-order valence-corrected chi connectivity index (χ1v) is 8.00. The van der Waals surface area contributed by atoms with Crippen molar-refractivity contribution in [3.05, 3.63) is 36.7 Å². The molecule has 0 aliphatic heterocycles. The van der Waals surface area contributed by atoms with Crippen LogP contribution in [0.1, 0.15) is 32.1 Å². The summed E-state index contributed by atoms with van der Waals surface area (Å²) in [7, 11) is 0. The van der Waals surface area contributed by atoms with Crippen LogP contribution in [-0.4, -0.2) is 31.0 Å². The Hall–Kier alpha value is -2.47. The molecule has 6 nitrogen and oxygen atoms in total. The minimum atomic E-state index is -0.890. The van der Waals surface area contributed by atoms with Crippen molar-refractivity contribution in [2.75, 3.05) is 5.32 Å². The molecule has 0 unspecified atom stereocenters. The highest BCUT2D eigenvalue weighted by Crippen LogP contribution is 2.30. The van der Waals surface area contributed by atoms with Gasteiger partial charge >= 0.3 is 0 Å². The molecule has 0 amide bonds. The molecule has 4 rings (SSSR count). The predicted molar refractivity (Wildman–Crippen MR) is 88.8 cm³/mol. The Morgan fingerprint density at radius 1 is 1.13 bits per heavy atom. The number of nitrogens with zero attached hydrogens (tertiary/aromatic N) is 3. The summed E-state index contributed by atoms with van der Waals surface area (Å²) >= 11 is 0. The number of hydrogen-bond acceptors (Lipinski definition) is 5. The number of aromatic amines is 1. The van der Waals surface area contributed by atoms with Gasteiger partial charge in [0.05, 0.1) is 17.4 Å². The van der Waals surface area contributed by atoms with Gasteiger partial charge in [0.25, 0.3) is 0 Å². The molecular weight excluding hydrogens is 290 g/mol. The first-order chi connectivity index (χ1) is 11.2. The minimum absolute atomic E-state index is 0.465. The number of hydrogen-bond donors (Lipinski definition) is 3. The van der Waals surface area contributed by atoms with E-state index >= 15 is 0 Å². The van der Waals surface area contributed by atoms with E-state index in [-0.39, 0.29) is 0 Å². The summed E-state index contributed by atoms with van der Waals surface area (Å²) in [5.41, 5.74) is 1.89. The standard InChI is InChI=1S/C17H19N5O/c23-17(8-2-1-3-9-17)21-16-18-10-7-14(20-16)12-5-4-6-15-13(12)11-19-22-15/h4-7,10-11,23H,1-3,8-9H2,(H,19,22)(H,18,20,21). The largest absolute Gasteiger partial charge is 0.371 e. The Labute approximate surface area is 134 Å². The lowest BCUT2D eigenvalue weighted by molar-refractivity contribution is 0.0309. The van der Waals surface area contributed by atoms with Gasteiger partial charge in [-0.2, -0.15) is 5.10 Å². The van der Waals surface area contributed by atoms with Crippen LogP contribution < -0.4 is 5.32 Å². The van der Waals surface area contributed by atoms with Crippen LogP contribution in [0.3, 0.4) is 0 Å². The number of anilines is 1. The first kappa shape index (κ1) is 14.1. The van der Waals surface area contributed by atoms with Gasteiger partial charge in [-0.15, -0.1) is 0 Å². The maximum Gasteiger partial charge on any atom is 0.225 e. The number of benzene rings is 1. The van der Waals surface area contributed by atoms with E-state index in [0.29, 0.717) is 5.95 Å². The summed E-state index contributed by atoms with van der Waals surface area (Å²) in [4.78, 5) is 8.85. The Balaban J connectivity index is 1.67. The molecule has 118 valence electrons. The van der Waals surface area contributed by atoms with Crippen LogP contribution in [0.15, 0.2) is 36.7 Å². The zero-order valence-electron chi connectivity index (χ0n) is 12.8. The minimum Gasteiger partial charge on any atom is -0.371 e. The fourth-order valence-corrected chi connectivity index (χ4v) is 3.23. The Morgan fingerprint density at radius 2 is 2.00 bits per heavy atom. The monoisotopic (exact) mass is 309 g/mol. The van der Waals surface area contributed by atoms with E-state index in [1.807, 2.05) is 24.3 Å². The van der Waals surface area contributed by atoms with Crippen LogP contribution in [0.2, 0.25) is 0 Å². The zero-order chi connectivity index (χ0) is 15.7. The van der Waals surface area contributed by atoms with Gasteiger partial charge < -0.3 is 10.4 Å². The lowest BCUT2D eigenvalue weighted by Crippen LogP contribution is -2.40. The molecule has 1 saturated carbocycles. The SMILES string of the molecule is OC1(Nc2nccc(-c3cccc4[nH]ncc34)n2)CCCCC1. The summed E-state index contributed by atoms with van der Waals surface area (Å²) in [6.45, 7) is 0. The smallest absolute Gasteiger partial charge is 0.225 e. The fourth-order valence-electron chi connectivity index (χ4n) is 3.23. The number of H-pyrrole nitrogens is 1. The lowest BCUT2D eigenvalue weighted by Gasteiger charge is -2.32. The molecule has 0 spiro atoms. The molecule has 0 saturated heterocycles. The quantitative estimate of drug-likeness (QED) is 0.647. The van der Waals surface area contributed by atoms with E-state index < -0.39 is 5.72 Å². The van der Waals surface area contributed by atoms with Crippen molar-refractivity contribution in [3.63, 3.8) is 0 Å². The van der Waals surface area contributed by atoms with Gasteiger partial charge in [0, 0.05) is 17.1 Å². The third kappa shape index (κ3) is 2.77. The molecule has 1 aliphatic carbocycles. The van der Waals surface area contributed by atoms with Crippen molar-refractivity contribution in [3.8, 4) is 11.3 Å². The van der Waals surface area contributed by atoms with E-state index in [0.717, 1.165) is 47.8 Å².